The van der Waals surface area contributed by atoms with Crippen molar-refractivity contribution in [1.82, 2.24) is 5.32 Å². The molecule has 1 N–H and O–H groups in total. The van der Waals surface area contributed by atoms with Gasteiger partial charge in [0.1, 0.15) is 12.4 Å². The third-order valence-electron chi connectivity index (χ3n) is 1.76. The van der Waals surface area contributed by atoms with Gasteiger partial charge in [0.15, 0.2) is 0 Å². The van der Waals surface area contributed by atoms with Crippen LogP contribution in [0.3, 0.4) is 0 Å². The lowest BCUT2D eigenvalue weighted by Crippen LogP contribution is -2.40. The minimum absolute atomic E-state index is 0. The highest BCUT2D eigenvalue weighted by Crippen LogP contribution is 2.05. The van der Waals surface area contributed by atoms with Crippen LogP contribution in [-0.4, -0.2) is 11.6 Å². The molecule has 0 atom stereocenters. The van der Waals surface area contributed by atoms with Gasteiger partial charge in [-0.2, -0.15) is 0 Å². The third-order valence-corrected chi connectivity index (χ3v) is 1.76. The first kappa shape index (κ1) is 15.7. The molecule has 0 fully saturated rings. The summed E-state index contributed by atoms with van der Waals surface area (Å²) in [5, 5.41) is 2.67. The first-order valence-electron chi connectivity index (χ1n) is 5.06. The van der Waals surface area contributed by atoms with Gasteiger partial charge in [-0.1, -0.05) is 12.1 Å². The van der Waals surface area contributed by atoms with Crippen LogP contribution in [0.25, 0.3) is 0 Å². The summed E-state index contributed by atoms with van der Waals surface area (Å²) in [6.45, 7) is 5.74. The predicted octanol–water partition coefficient (Wildman–Crippen LogP) is 3.27. The molecule has 96 valence electrons. The molecule has 0 heterocycles. The molecule has 0 bridgehead atoms. The maximum absolute atomic E-state index is 12.6. The smallest absolute Gasteiger partial charge is 0.407 e. The van der Waals surface area contributed by atoms with Gasteiger partial charge >= 0.3 is 6.09 Å². The number of halogens is 2. The fourth-order valence-electron chi connectivity index (χ4n) is 1.07. The van der Waals surface area contributed by atoms with Gasteiger partial charge in [0, 0.05) is 5.54 Å². The summed E-state index contributed by atoms with van der Waals surface area (Å²) in [6, 6.07) is 5.83. The number of ether oxygens (including phenoxy) is 1. The lowest BCUT2D eigenvalue weighted by atomic mass is 10.1. The highest BCUT2D eigenvalue weighted by atomic mass is 35.5. The predicted molar refractivity (Wildman–Crippen MR) is 66.7 cm³/mol. The quantitative estimate of drug-likeness (QED) is 0.887. The van der Waals surface area contributed by atoms with E-state index in [2.05, 4.69) is 5.32 Å². The number of hydrogen-bond acceptors (Lipinski definition) is 2. The van der Waals surface area contributed by atoms with Crippen LogP contribution in [0.5, 0.6) is 0 Å². The number of hydrogen-bond donors (Lipinski definition) is 1. The molecule has 0 unspecified atom stereocenters. The molecule has 0 saturated carbocycles. The van der Waals surface area contributed by atoms with Crippen molar-refractivity contribution in [3.63, 3.8) is 0 Å². The second kappa shape index (κ2) is 6.45. The first-order chi connectivity index (χ1) is 7.37. The van der Waals surface area contributed by atoms with E-state index in [0.717, 1.165) is 5.56 Å². The van der Waals surface area contributed by atoms with Crippen LogP contribution in [0.15, 0.2) is 24.3 Å². The third kappa shape index (κ3) is 6.79. The lowest BCUT2D eigenvalue weighted by Gasteiger charge is -2.19. The summed E-state index contributed by atoms with van der Waals surface area (Å²) in [6.07, 6.45) is -0.475. The molecule has 0 spiro atoms. The Morgan fingerprint density at radius 3 is 2.29 bits per heavy atom. The van der Waals surface area contributed by atoms with Crippen molar-refractivity contribution in [3.05, 3.63) is 35.6 Å². The van der Waals surface area contributed by atoms with Crippen LogP contribution >= 0.6 is 12.4 Å². The fourth-order valence-corrected chi connectivity index (χ4v) is 1.07. The number of amides is 1. The first-order valence-corrected chi connectivity index (χ1v) is 5.06. The van der Waals surface area contributed by atoms with Crippen LogP contribution in [-0.2, 0) is 11.3 Å². The number of carbonyl (C=O) groups is 1. The molecule has 17 heavy (non-hydrogen) atoms. The van der Waals surface area contributed by atoms with Crippen molar-refractivity contribution in [2.45, 2.75) is 32.9 Å². The minimum Gasteiger partial charge on any atom is -0.445 e. The number of benzene rings is 1. The van der Waals surface area contributed by atoms with E-state index in [-0.39, 0.29) is 30.4 Å². The average molecular weight is 262 g/mol. The van der Waals surface area contributed by atoms with Crippen molar-refractivity contribution >= 4 is 18.5 Å². The van der Waals surface area contributed by atoms with Gasteiger partial charge in [-0.25, -0.2) is 9.18 Å². The van der Waals surface area contributed by atoms with E-state index in [1.165, 1.54) is 12.1 Å². The van der Waals surface area contributed by atoms with Gasteiger partial charge in [0.05, 0.1) is 0 Å². The minimum atomic E-state index is -0.475. The van der Waals surface area contributed by atoms with Crippen molar-refractivity contribution in [2.24, 2.45) is 0 Å². The molecule has 0 aliphatic carbocycles. The SMILES string of the molecule is CC(C)(C)NC(=O)OCc1ccc(F)cc1.Cl. The summed E-state index contributed by atoms with van der Waals surface area (Å²) in [5.41, 5.74) is 0.435. The van der Waals surface area contributed by atoms with E-state index in [0.29, 0.717) is 0 Å². The van der Waals surface area contributed by atoms with E-state index >= 15 is 0 Å². The van der Waals surface area contributed by atoms with Crippen molar-refractivity contribution < 1.29 is 13.9 Å². The molecule has 0 saturated heterocycles. The molecule has 3 nitrogen and oxygen atoms in total. The molecule has 5 heteroatoms. The average Bonchev–Trinajstić information content (AvgIpc) is 2.14. The van der Waals surface area contributed by atoms with E-state index in [9.17, 15) is 9.18 Å². The second-order valence-corrected chi connectivity index (χ2v) is 4.58. The molecule has 1 amide bonds. The standard InChI is InChI=1S/C12H16FNO2.ClH/c1-12(2,3)14-11(15)16-8-9-4-6-10(13)7-5-9;/h4-7H,8H2,1-3H3,(H,14,15);1H. The van der Waals surface area contributed by atoms with Gasteiger partial charge in [0.2, 0.25) is 0 Å². The van der Waals surface area contributed by atoms with E-state index in [1.54, 1.807) is 12.1 Å². The van der Waals surface area contributed by atoms with Crippen molar-refractivity contribution in [1.29, 1.82) is 0 Å². The van der Waals surface area contributed by atoms with Gasteiger partial charge < -0.3 is 10.1 Å². The highest BCUT2D eigenvalue weighted by Gasteiger charge is 2.14. The maximum Gasteiger partial charge on any atom is 0.407 e. The second-order valence-electron chi connectivity index (χ2n) is 4.58. The molecule has 1 rings (SSSR count). The van der Waals surface area contributed by atoms with Crippen LogP contribution in [0.1, 0.15) is 26.3 Å². The Morgan fingerprint density at radius 1 is 1.29 bits per heavy atom. The van der Waals surface area contributed by atoms with Crippen LogP contribution < -0.4 is 5.32 Å². The molecule has 0 aromatic heterocycles. The molecular formula is C12H17ClFNO2. The molecule has 0 aliphatic rings. The normalized spacial score (nSPS) is 10.4. The zero-order valence-corrected chi connectivity index (χ0v) is 10.9. The van der Waals surface area contributed by atoms with Crippen LogP contribution in [0.4, 0.5) is 9.18 Å². The van der Waals surface area contributed by atoms with Gasteiger partial charge in [-0.05, 0) is 38.5 Å². The fraction of sp³-hybridized carbons (Fsp3) is 0.417. The molecule has 1 aromatic rings. The summed E-state index contributed by atoms with van der Waals surface area (Å²) in [5.74, 6) is -0.303. The van der Waals surface area contributed by atoms with Gasteiger partial charge in [0.25, 0.3) is 0 Å². The zero-order valence-electron chi connectivity index (χ0n) is 10.1. The Balaban J connectivity index is 0.00000256. The lowest BCUT2D eigenvalue weighted by molar-refractivity contribution is 0.131. The Hall–Kier alpha value is -1.29. The van der Waals surface area contributed by atoms with E-state index < -0.39 is 6.09 Å². The maximum atomic E-state index is 12.6. The molecule has 0 aliphatic heterocycles. The van der Waals surface area contributed by atoms with Gasteiger partial charge in [-0.15, -0.1) is 12.4 Å². The Labute approximate surface area is 107 Å². The number of rotatable bonds is 2. The highest BCUT2D eigenvalue weighted by molar-refractivity contribution is 5.85. The molecule has 0 radical (unpaired) electrons. The Bertz CT molecular complexity index is 360. The monoisotopic (exact) mass is 261 g/mol. The van der Waals surface area contributed by atoms with E-state index in [1.807, 2.05) is 20.8 Å². The van der Waals surface area contributed by atoms with Crippen LogP contribution in [0.2, 0.25) is 0 Å². The van der Waals surface area contributed by atoms with E-state index in [4.69, 9.17) is 4.74 Å². The number of carbonyl (C=O) groups excluding carboxylic acids is 1. The molecule has 1 aromatic carbocycles. The van der Waals surface area contributed by atoms with Gasteiger partial charge in [-0.3, -0.25) is 0 Å². The Kier molecular flexibility index (Phi) is 5.96. The van der Waals surface area contributed by atoms with Crippen LogP contribution in [0, 0.1) is 5.82 Å². The summed E-state index contributed by atoms with van der Waals surface area (Å²) >= 11 is 0. The summed E-state index contributed by atoms with van der Waals surface area (Å²) < 4.78 is 17.6. The van der Waals surface area contributed by atoms with Crippen molar-refractivity contribution in [2.75, 3.05) is 0 Å². The zero-order chi connectivity index (χ0) is 12.2. The topological polar surface area (TPSA) is 38.3 Å². The molecular weight excluding hydrogens is 245 g/mol. The summed E-state index contributed by atoms with van der Waals surface area (Å²) in [7, 11) is 0. The number of nitrogens with one attached hydrogen (secondary N) is 1. The number of alkyl carbamates (subject to hydrolysis) is 1. The Morgan fingerprint density at radius 2 is 1.82 bits per heavy atom. The van der Waals surface area contributed by atoms with Crippen molar-refractivity contribution in [3.8, 4) is 0 Å². The largest absolute Gasteiger partial charge is 0.445 e. The summed E-state index contributed by atoms with van der Waals surface area (Å²) in [4.78, 5) is 11.3.